The van der Waals surface area contributed by atoms with Crippen molar-refractivity contribution in [3.63, 3.8) is 0 Å². The number of fused-ring (bicyclic) bond motifs is 1. The molecular weight excluding hydrogens is 322 g/mol. The summed E-state index contributed by atoms with van der Waals surface area (Å²) >= 11 is 0. The van der Waals surface area contributed by atoms with Gasteiger partial charge in [0.15, 0.2) is 5.58 Å². The van der Waals surface area contributed by atoms with Crippen LogP contribution >= 0.6 is 0 Å². The Bertz CT molecular complexity index is 846. The Balaban J connectivity index is 1.42. The number of benzene rings is 1. The number of aromatic nitrogens is 4. The zero-order chi connectivity index (χ0) is 17.2. The predicted molar refractivity (Wildman–Crippen MR) is 90.5 cm³/mol. The topological polar surface area (TPSA) is 97.1 Å². The summed E-state index contributed by atoms with van der Waals surface area (Å²) in [7, 11) is 0. The van der Waals surface area contributed by atoms with Crippen molar-refractivity contribution in [3.05, 3.63) is 35.9 Å². The smallest absolute Gasteiger partial charge is 0.378 e. The van der Waals surface area contributed by atoms with E-state index in [-0.39, 0.29) is 11.7 Å². The molecule has 0 bridgehead atoms. The molecule has 0 atom stereocenters. The lowest BCUT2D eigenvalue weighted by Gasteiger charge is -2.29. The first kappa shape index (κ1) is 15.6. The van der Waals surface area contributed by atoms with E-state index in [2.05, 4.69) is 25.1 Å². The van der Waals surface area contributed by atoms with Crippen LogP contribution < -0.4 is 4.90 Å². The van der Waals surface area contributed by atoms with Gasteiger partial charge in [-0.05, 0) is 31.9 Å². The number of anilines is 1. The molecule has 4 rings (SSSR count). The molecule has 3 heterocycles. The number of piperidine rings is 1. The zero-order valence-corrected chi connectivity index (χ0v) is 13.9. The van der Waals surface area contributed by atoms with E-state index in [1.165, 1.54) is 0 Å². The number of nitrogens with zero attached hydrogens (tertiary/aromatic N) is 4. The van der Waals surface area contributed by atoms with E-state index in [4.69, 9.17) is 9.15 Å². The van der Waals surface area contributed by atoms with E-state index < -0.39 is 5.97 Å². The van der Waals surface area contributed by atoms with Gasteiger partial charge in [-0.25, -0.2) is 9.78 Å². The van der Waals surface area contributed by atoms with Gasteiger partial charge in [0.05, 0.1) is 6.61 Å². The van der Waals surface area contributed by atoms with Crippen LogP contribution in [0.2, 0.25) is 0 Å². The molecule has 130 valence electrons. The number of hydrogen-bond acceptors (Lipinski definition) is 7. The Hall–Kier alpha value is -2.90. The van der Waals surface area contributed by atoms with E-state index in [0.717, 1.165) is 42.9 Å². The second kappa shape index (κ2) is 6.54. The second-order valence-electron chi connectivity index (χ2n) is 5.99. The summed E-state index contributed by atoms with van der Waals surface area (Å²) in [6.45, 7) is 3.69. The lowest BCUT2D eigenvalue weighted by atomic mass is 9.96. The van der Waals surface area contributed by atoms with Crippen molar-refractivity contribution in [1.29, 1.82) is 0 Å². The lowest BCUT2D eigenvalue weighted by Crippen LogP contribution is -2.33. The minimum atomic E-state index is -0.492. The minimum Gasteiger partial charge on any atom is -0.460 e. The highest BCUT2D eigenvalue weighted by Gasteiger charge is 2.26. The standard InChI is InChI=1S/C17H19N5O3/c1-2-24-16(23)15-19-14(20-21-15)11-7-9-22(10-8-11)17-18-12-5-3-4-6-13(12)25-17/h3-6,11H,2,7-10H2,1H3,(H,19,20,21). The van der Waals surface area contributed by atoms with Gasteiger partial charge in [0.1, 0.15) is 11.3 Å². The molecule has 0 spiro atoms. The van der Waals surface area contributed by atoms with Crippen molar-refractivity contribution in [1.82, 2.24) is 20.2 Å². The SMILES string of the molecule is CCOC(=O)c1n[nH]c(C2CCN(c3nc4ccccc4o3)CC2)n1. The summed E-state index contributed by atoms with van der Waals surface area (Å²) in [5.74, 6) is 0.573. The van der Waals surface area contributed by atoms with E-state index >= 15 is 0 Å². The number of nitrogens with one attached hydrogen (secondary N) is 1. The van der Waals surface area contributed by atoms with Crippen LogP contribution in [0.3, 0.4) is 0 Å². The highest BCUT2D eigenvalue weighted by molar-refractivity contribution is 5.84. The molecule has 2 aromatic heterocycles. The molecule has 25 heavy (non-hydrogen) atoms. The van der Waals surface area contributed by atoms with Crippen molar-refractivity contribution in [2.45, 2.75) is 25.7 Å². The van der Waals surface area contributed by atoms with Crippen LogP contribution in [0.1, 0.15) is 42.1 Å². The first-order valence-corrected chi connectivity index (χ1v) is 8.44. The molecule has 8 nitrogen and oxygen atoms in total. The van der Waals surface area contributed by atoms with Crippen LogP contribution in [0.25, 0.3) is 11.1 Å². The van der Waals surface area contributed by atoms with Gasteiger partial charge in [-0.3, -0.25) is 5.10 Å². The molecule has 0 radical (unpaired) electrons. The molecule has 0 amide bonds. The fourth-order valence-electron chi connectivity index (χ4n) is 3.08. The van der Waals surface area contributed by atoms with Crippen LogP contribution in [-0.2, 0) is 4.74 Å². The van der Waals surface area contributed by atoms with Crippen LogP contribution in [0, 0.1) is 0 Å². The number of para-hydroxylation sites is 2. The second-order valence-corrected chi connectivity index (χ2v) is 5.99. The van der Waals surface area contributed by atoms with Crippen LogP contribution in [0.15, 0.2) is 28.7 Å². The fourth-order valence-corrected chi connectivity index (χ4v) is 3.08. The number of carbonyl (C=O) groups is 1. The number of carbonyl (C=O) groups excluding carboxylic acids is 1. The molecule has 1 aliphatic rings. The molecule has 1 aliphatic heterocycles. The maximum Gasteiger partial charge on any atom is 0.378 e. The number of aromatic amines is 1. The summed E-state index contributed by atoms with van der Waals surface area (Å²) in [5, 5.41) is 6.83. The van der Waals surface area contributed by atoms with E-state index in [0.29, 0.717) is 12.6 Å². The van der Waals surface area contributed by atoms with Gasteiger partial charge in [-0.2, -0.15) is 4.98 Å². The molecule has 0 aliphatic carbocycles. The van der Waals surface area contributed by atoms with Gasteiger partial charge in [0, 0.05) is 19.0 Å². The molecule has 1 saturated heterocycles. The largest absolute Gasteiger partial charge is 0.460 e. The first-order chi connectivity index (χ1) is 12.2. The van der Waals surface area contributed by atoms with Gasteiger partial charge in [0.2, 0.25) is 0 Å². The Labute approximate surface area is 144 Å². The van der Waals surface area contributed by atoms with Gasteiger partial charge in [-0.1, -0.05) is 12.1 Å². The van der Waals surface area contributed by atoms with Crippen LogP contribution in [0.5, 0.6) is 0 Å². The number of hydrogen-bond donors (Lipinski definition) is 1. The molecule has 1 fully saturated rings. The Morgan fingerprint density at radius 1 is 1.32 bits per heavy atom. The summed E-state index contributed by atoms with van der Waals surface area (Å²) in [5.41, 5.74) is 1.67. The van der Waals surface area contributed by atoms with Crippen molar-refractivity contribution in [3.8, 4) is 0 Å². The van der Waals surface area contributed by atoms with Crippen molar-refractivity contribution >= 4 is 23.1 Å². The van der Waals surface area contributed by atoms with Crippen molar-refractivity contribution < 1.29 is 13.9 Å². The lowest BCUT2D eigenvalue weighted by molar-refractivity contribution is 0.0512. The fraction of sp³-hybridized carbons (Fsp3) is 0.412. The third-order valence-corrected chi connectivity index (χ3v) is 4.40. The molecule has 8 heteroatoms. The van der Waals surface area contributed by atoms with E-state index in [9.17, 15) is 4.79 Å². The Kier molecular flexibility index (Phi) is 4.09. The number of esters is 1. The summed E-state index contributed by atoms with van der Waals surface area (Å²) < 4.78 is 10.7. The highest BCUT2D eigenvalue weighted by Crippen LogP contribution is 2.30. The quantitative estimate of drug-likeness (QED) is 0.728. The van der Waals surface area contributed by atoms with Gasteiger partial charge in [0.25, 0.3) is 11.8 Å². The van der Waals surface area contributed by atoms with Gasteiger partial charge in [-0.15, -0.1) is 5.10 Å². The average molecular weight is 341 g/mol. The molecule has 0 saturated carbocycles. The Morgan fingerprint density at radius 2 is 2.12 bits per heavy atom. The number of oxazole rings is 1. The van der Waals surface area contributed by atoms with E-state index in [1.807, 2.05) is 24.3 Å². The monoisotopic (exact) mass is 341 g/mol. The predicted octanol–water partition coefficient (Wildman–Crippen LogP) is 2.51. The van der Waals surface area contributed by atoms with Crippen molar-refractivity contribution in [2.24, 2.45) is 0 Å². The molecule has 0 unspecified atom stereocenters. The summed E-state index contributed by atoms with van der Waals surface area (Å²) in [4.78, 5) is 22.6. The van der Waals surface area contributed by atoms with Crippen LogP contribution in [0.4, 0.5) is 6.01 Å². The molecular formula is C17H19N5O3. The molecule has 1 aromatic carbocycles. The Morgan fingerprint density at radius 3 is 2.88 bits per heavy atom. The van der Waals surface area contributed by atoms with Gasteiger partial charge < -0.3 is 14.1 Å². The summed E-state index contributed by atoms with van der Waals surface area (Å²) in [6, 6.07) is 8.41. The maximum absolute atomic E-state index is 11.7. The number of rotatable bonds is 4. The summed E-state index contributed by atoms with van der Waals surface area (Å²) in [6.07, 6.45) is 1.77. The molecule has 3 aromatic rings. The van der Waals surface area contributed by atoms with E-state index in [1.54, 1.807) is 6.92 Å². The molecule has 1 N–H and O–H groups in total. The number of ether oxygens (including phenoxy) is 1. The first-order valence-electron chi connectivity index (χ1n) is 8.44. The van der Waals surface area contributed by atoms with Crippen molar-refractivity contribution in [2.75, 3.05) is 24.6 Å². The third kappa shape index (κ3) is 3.07. The maximum atomic E-state index is 11.7. The van der Waals surface area contributed by atoms with Gasteiger partial charge >= 0.3 is 5.97 Å². The third-order valence-electron chi connectivity index (χ3n) is 4.40. The number of H-pyrrole nitrogens is 1. The highest BCUT2D eigenvalue weighted by atomic mass is 16.5. The normalized spacial score (nSPS) is 15.6. The average Bonchev–Trinajstić information content (AvgIpc) is 3.29. The van der Waals surface area contributed by atoms with Crippen LogP contribution in [-0.4, -0.2) is 45.8 Å². The minimum absolute atomic E-state index is 0.0956. The zero-order valence-electron chi connectivity index (χ0n) is 13.9.